The number of fused-ring (bicyclic) bond motifs is 1. The number of rotatable bonds is 4. The predicted molar refractivity (Wildman–Crippen MR) is 74.7 cm³/mol. The van der Waals surface area contributed by atoms with E-state index in [1.165, 1.54) is 6.33 Å². The largest absolute Gasteiger partial charge is 0.397 e. The van der Waals surface area contributed by atoms with E-state index >= 15 is 0 Å². The molecule has 0 amide bonds. The van der Waals surface area contributed by atoms with E-state index in [2.05, 4.69) is 29.1 Å². The van der Waals surface area contributed by atoms with Gasteiger partial charge in [0.05, 0.1) is 28.6 Å². The third kappa shape index (κ3) is 2.45. The Balaban J connectivity index is 2.35. The summed E-state index contributed by atoms with van der Waals surface area (Å²) in [5, 5.41) is 3.82. The summed E-state index contributed by atoms with van der Waals surface area (Å²) in [7, 11) is 0. The summed E-state index contributed by atoms with van der Waals surface area (Å²) in [6.07, 6.45) is 2.51. The van der Waals surface area contributed by atoms with Crippen molar-refractivity contribution in [3.63, 3.8) is 0 Å². The van der Waals surface area contributed by atoms with Crippen LogP contribution in [0.2, 0.25) is 0 Å². The van der Waals surface area contributed by atoms with Gasteiger partial charge in [0.15, 0.2) is 0 Å². The van der Waals surface area contributed by atoms with Crippen molar-refractivity contribution in [2.24, 2.45) is 5.92 Å². The van der Waals surface area contributed by atoms with Crippen LogP contribution in [-0.2, 0) is 0 Å². The maximum Gasteiger partial charge on any atom is 0.258 e. The van der Waals surface area contributed by atoms with Gasteiger partial charge in [-0.05, 0) is 18.1 Å². The maximum absolute atomic E-state index is 11.6. The molecule has 1 atom stereocenters. The fraction of sp³-hybridized carbons (Fsp3) is 0.385. The van der Waals surface area contributed by atoms with Crippen LogP contribution in [-0.4, -0.2) is 16.5 Å². The van der Waals surface area contributed by atoms with Gasteiger partial charge in [-0.15, -0.1) is 0 Å². The van der Waals surface area contributed by atoms with Crippen molar-refractivity contribution in [2.75, 3.05) is 17.6 Å². The number of aromatic amines is 1. The van der Waals surface area contributed by atoms with Gasteiger partial charge in [0, 0.05) is 6.54 Å². The third-order valence-corrected chi connectivity index (χ3v) is 3.15. The van der Waals surface area contributed by atoms with Crippen LogP contribution in [0.3, 0.4) is 0 Å². The van der Waals surface area contributed by atoms with Crippen LogP contribution in [0.4, 0.5) is 11.4 Å². The quantitative estimate of drug-likeness (QED) is 0.720. The Morgan fingerprint density at radius 2 is 2.28 bits per heavy atom. The van der Waals surface area contributed by atoms with Crippen molar-refractivity contribution in [1.29, 1.82) is 0 Å². The van der Waals surface area contributed by atoms with Crippen molar-refractivity contribution in [1.82, 2.24) is 9.97 Å². The Bertz CT molecular complexity index is 605. The number of aromatic nitrogens is 2. The molecule has 1 aromatic heterocycles. The Labute approximate surface area is 105 Å². The van der Waals surface area contributed by atoms with Crippen LogP contribution in [0.5, 0.6) is 0 Å². The first kappa shape index (κ1) is 12.4. The lowest BCUT2D eigenvalue weighted by atomic mass is 10.1. The Hall–Kier alpha value is -2.04. The second-order valence-electron chi connectivity index (χ2n) is 4.58. The van der Waals surface area contributed by atoms with Crippen LogP contribution in [0, 0.1) is 5.92 Å². The molecule has 96 valence electrons. The van der Waals surface area contributed by atoms with Crippen molar-refractivity contribution in [2.45, 2.75) is 20.3 Å². The number of nitrogen functional groups attached to an aromatic ring is 1. The van der Waals surface area contributed by atoms with Crippen molar-refractivity contribution in [3.05, 3.63) is 28.8 Å². The van der Waals surface area contributed by atoms with Crippen molar-refractivity contribution >= 4 is 22.3 Å². The molecular weight excluding hydrogens is 228 g/mol. The van der Waals surface area contributed by atoms with E-state index in [4.69, 9.17) is 5.73 Å². The first-order valence-corrected chi connectivity index (χ1v) is 6.12. The van der Waals surface area contributed by atoms with Crippen LogP contribution in [0.25, 0.3) is 10.9 Å². The van der Waals surface area contributed by atoms with Gasteiger partial charge in [-0.25, -0.2) is 4.98 Å². The van der Waals surface area contributed by atoms with Crippen LogP contribution < -0.4 is 16.6 Å². The molecule has 0 fully saturated rings. The number of nitrogens with zero attached hydrogens (tertiary/aromatic N) is 1. The van der Waals surface area contributed by atoms with E-state index in [1.54, 1.807) is 6.07 Å². The molecule has 18 heavy (non-hydrogen) atoms. The van der Waals surface area contributed by atoms with Gasteiger partial charge in [-0.1, -0.05) is 20.3 Å². The number of nitrogens with two attached hydrogens (primary N) is 1. The number of H-pyrrole nitrogens is 1. The summed E-state index contributed by atoms with van der Waals surface area (Å²) in [6.45, 7) is 5.18. The van der Waals surface area contributed by atoms with Crippen molar-refractivity contribution < 1.29 is 0 Å². The van der Waals surface area contributed by atoms with Gasteiger partial charge in [0.25, 0.3) is 5.56 Å². The Kier molecular flexibility index (Phi) is 3.50. The van der Waals surface area contributed by atoms with Gasteiger partial charge in [-0.2, -0.15) is 0 Å². The second kappa shape index (κ2) is 5.08. The van der Waals surface area contributed by atoms with Crippen LogP contribution >= 0.6 is 0 Å². The summed E-state index contributed by atoms with van der Waals surface area (Å²) >= 11 is 0. The third-order valence-electron chi connectivity index (χ3n) is 3.15. The minimum absolute atomic E-state index is 0.167. The fourth-order valence-corrected chi connectivity index (χ4v) is 1.71. The molecule has 0 bridgehead atoms. The lowest BCUT2D eigenvalue weighted by Crippen LogP contribution is -2.13. The zero-order valence-corrected chi connectivity index (χ0v) is 10.7. The lowest BCUT2D eigenvalue weighted by Gasteiger charge is -2.13. The van der Waals surface area contributed by atoms with E-state index in [0.717, 1.165) is 18.7 Å². The number of nitrogens with one attached hydrogen (secondary N) is 2. The van der Waals surface area contributed by atoms with E-state index in [-0.39, 0.29) is 5.56 Å². The standard InChI is InChI=1S/C13H18N4O/c1-3-8(2)6-15-12-5-11-9(4-10(12)14)13(18)17-7-16-11/h4-5,7-8,15H,3,6,14H2,1-2H3,(H,16,17,18). The Morgan fingerprint density at radius 1 is 1.50 bits per heavy atom. The van der Waals surface area contributed by atoms with E-state index in [0.29, 0.717) is 22.5 Å². The Morgan fingerprint density at radius 3 is 3.00 bits per heavy atom. The molecule has 0 radical (unpaired) electrons. The molecular formula is C13H18N4O. The predicted octanol–water partition coefficient (Wildman–Crippen LogP) is 1.96. The number of anilines is 2. The molecule has 1 heterocycles. The minimum Gasteiger partial charge on any atom is -0.397 e. The topological polar surface area (TPSA) is 83.8 Å². The molecule has 4 N–H and O–H groups in total. The summed E-state index contributed by atoms with van der Waals surface area (Å²) < 4.78 is 0. The highest BCUT2D eigenvalue weighted by Crippen LogP contribution is 2.23. The molecule has 5 nitrogen and oxygen atoms in total. The molecule has 0 saturated carbocycles. The van der Waals surface area contributed by atoms with E-state index in [1.807, 2.05) is 6.07 Å². The smallest absolute Gasteiger partial charge is 0.258 e. The number of hydrogen-bond acceptors (Lipinski definition) is 4. The highest BCUT2D eigenvalue weighted by molar-refractivity contribution is 5.88. The number of hydrogen-bond donors (Lipinski definition) is 3. The molecule has 1 unspecified atom stereocenters. The van der Waals surface area contributed by atoms with Gasteiger partial charge >= 0.3 is 0 Å². The lowest BCUT2D eigenvalue weighted by molar-refractivity contribution is 0.593. The minimum atomic E-state index is -0.167. The first-order chi connectivity index (χ1) is 8.61. The monoisotopic (exact) mass is 246 g/mol. The average molecular weight is 246 g/mol. The second-order valence-corrected chi connectivity index (χ2v) is 4.58. The van der Waals surface area contributed by atoms with Crippen LogP contribution in [0.15, 0.2) is 23.3 Å². The molecule has 5 heteroatoms. The molecule has 2 aromatic rings. The number of benzene rings is 1. The summed E-state index contributed by atoms with van der Waals surface area (Å²) in [5.74, 6) is 0.576. The maximum atomic E-state index is 11.6. The van der Waals surface area contributed by atoms with E-state index in [9.17, 15) is 4.79 Å². The van der Waals surface area contributed by atoms with Gasteiger partial charge in [-0.3, -0.25) is 4.79 Å². The van der Waals surface area contributed by atoms with Gasteiger partial charge in [0.1, 0.15) is 0 Å². The first-order valence-electron chi connectivity index (χ1n) is 6.12. The highest BCUT2D eigenvalue weighted by Gasteiger charge is 2.06. The summed E-state index contributed by atoms with van der Waals surface area (Å²) in [6, 6.07) is 3.49. The molecule has 0 aliphatic rings. The summed E-state index contributed by atoms with van der Waals surface area (Å²) in [4.78, 5) is 18.3. The fourth-order valence-electron chi connectivity index (χ4n) is 1.71. The zero-order valence-electron chi connectivity index (χ0n) is 10.7. The van der Waals surface area contributed by atoms with Crippen molar-refractivity contribution in [3.8, 4) is 0 Å². The zero-order chi connectivity index (χ0) is 13.1. The van der Waals surface area contributed by atoms with E-state index < -0.39 is 0 Å². The normalized spacial score (nSPS) is 12.6. The molecule has 0 spiro atoms. The highest BCUT2D eigenvalue weighted by atomic mass is 16.1. The van der Waals surface area contributed by atoms with Crippen LogP contribution in [0.1, 0.15) is 20.3 Å². The molecule has 1 aromatic carbocycles. The molecule has 0 aliphatic carbocycles. The molecule has 0 aliphatic heterocycles. The molecule has 0 saturated heterocycles. The van der Waals surface area contributed by atoms with Gasteiger partial charge < -0.3 is 16.0 Å². The summed E-state index contributed by atoms with van der Waals surface area (Å²) in [5.41, 5.74) is 7.83. The molecule has 2 rings (SSSR count). The van der Waals surface area contributed by atoms with Gasteiger partial charge in [0.2, 0.25) is 0 Å². The SMILES string of the molecule is CCC(C)CNc1cc2nc[nH]c(=O)c2cc1N. The average Bonchev–Trinajstić information content (AvgIpc) is 2.37.